The zero-order valence-corrected chi connectivity index (χ0v) is 16.3. The monoisotopic (exact) mass is 374 g/mol. The Bertz CT molecular complexity index is 889. The number of aromatic nitrogens is 3. The van der Waals surface area contributed by atoms with Crippen molar-refractivity contribution in [3.05, 3.63) is 24.0 Å². The number of carboxylic acids is 1. The lowest BCUT2D eigenvalue weighted by Crippen LogP contribution is -2.76. The second-order valence-corrected chi connectivity index (χ2v) is 7.85. The van der Waals surface area contributed by atoms with E-state index in [0.29, 0.717) is 17.8 Å². The van der Waals surface area contributed by atoms with Crippen LogP contribution in [0.2, 0.25) is 0 Å². The Labute approximate surface area is 157 Å². The summed E-state index contributed by atoms with van der Waals surface area (Å²) in [5.41, 5.74) is -1.11. The molecule has 0 saturated heterocycles. The summed E-state index contributed by atoms with van der Waals surface area (Å²) < 4.78 is 7.41. The average Bonchev–Trinajstić information content (AvgIpc) is 3.03. The van der Waals surface area contributed by atoms with Crippen LogP contribution in [-0.4, -0.2) is 50.0 Å². The molecule has 3 rings (SSSR count). The summed E-state index contributed by atoms with van der Waals surface area (Å²) in [5.74, 6) is -1.52. The molecule has 1 aliphatic rings. The number of pyridine rings is 1. The van der Waals surface area contributed by atoms with Gasteiger partial charge in [-0.25, -0.2) is 14.5 Å². The van der Waals surface area contributed by atoms with Gasteiger partial charge < -0.3 is 15.2 Å². The molecule has 2 unspecified atom stereocenters. The third-order valence-corrected chi connectivity index (χ3v) is 5.64. The van der Waals surface area contributed by atoms with Crippen molar-refractivity contribution in [2.75, 3.05) is 6.61 Å². The maximum absolute atomic E-state index is 12.8. The third kappa shape index (κ3) is 2.88. The SMILES string of the molecule is CCOC1CC(NC(=O)c2cnc3c(cnn3C(C)C)c2)(C(=O)O)C1(C)C. The molecule has 146 valence electrons. The number of amides is 1. The van der Waals surface area contributed by atoms with Crippen LogP contribution in [0.3, 0.4) is 0 Å². The van der Waals surface area contributed by atoms with Gasteiger partial charge in [-0.3, -0.25) is 4.79 Å². The second kappa shape index (κ2) is 6.60. The zero-order chi connectivity index (χ0) is 20.0. The van der Waals surface area contributed by atoms with Crippen molar-refractivity contribution in [1.29, 1.82) is 0 Å². The molecule has 2 aromatic rings. The molecule has 8 heteroatoms. The first-order valence-corrected chi connectivity index (χ1v) is 9.15. The van der Waals surface area contributed by atoms with Gasteiger partial charge in [0.25, 0.3) is 5.91 Å². The quantitative estimate of drug-likeness (QED) is 0.804. The average molecular weight is 374 g/mol. The maximum Gasteiger partial charge on any atom is 0.330 e. The predicted molar refractivity (Wildman–Crippen MR) is 99.6 cm³/mol. The summed E-state index contributed by atoms with van der Waals surface area (Å²) >= 11 is 0. The summed E-state index contributed by atoms with van der Waals surface area (Å²) in [6.45, 7) is 9.97. The van der Waals surface area contributed by atoms with Crippen LogP contribution in [0.5, 0.6) is 0 Å². The number of carboxylic acid groups (broad SMARTS) is 1. The highest BCUT2D eigenvalue weighted by Gasteiger charge is 2.66. The number of rotatable bonds is 6. The molecular formula is C19H26N4O4. The van der Waals surface area contributed by atoms with Crippen molar-refractivity contribution in [1.82, 2.24) is 20.1 Å². The predicted octanol–water partition coefficient (Wildman–Crippen LogP) is 2.40. The van der Waals surface area contributed by atoms with E-state index in [4.69, 9.17) is 4.74 Å². The lowest BCUT2D eigenvalue weighted by Gasteiger charge is -2.58. The van der Waals surface area contributed by atoms with Crippen LogP contribution in [0.25, 0.3) is 11.0 Å². The highest BCUT2D eigenvalue weighted by molar-refractivity contribution is 6.00. The third-order valence-electron chi connectivity index (χ3n) is 5.64. The molecule has 0 spiro atoms. The Hall–Kier alpha value is -2.48. The lowest BCUT2D eigenvalue weighted by molar-refractivity contribution is -0.190. The van der Waals surface area contributed by atoms with Gasteiger partial charge in [0.15, 0.2) is 5.65 Å². The Morgan fingerprint density at radius 2 is 2.11 bits per heavy atom. The Morgan fingerprint density at radius 1 is 1.41 bits per heavy atom. The normalized spacial score (nSPS) is 24.0. The number of ether oxygens (including phenoxy) is 1. The molecule has 8 nitrogen and oxygen atoms in total. The van der Waals surface area contributed by atoms with Gasteiger partial charge in [-0.05, 0) is 26.8 Å². The van der Waals surface area contributed by atoms with Crippen LogP contribution in [0.15, 0.2) is 18.5 Å². The van der Waals surface area contributed by atoms with Crippen molar-refractivity contribution < 1.29 is 19.4 Å². The molecule has 1 fully saturated rings. The first-order chi connectivity index (χ1) is 12.6. The van der Waals surface area contributed by atoms with Crippen molar-refractivity contribution in [3.63, 3.8) is 0 Å². The van der Waals surface area contributed by atoms with Crippen LogP contribution >= 0.6 is 0 Å². The highest BCUT2D eigenvalue weighted by Crippen LogP contribution is 2.51. The van der Waals surface area contributed by atoms with E-state index in [1.807, 2.05) is 20.8 Å². The molecule has 2 N–H and O–H groups in total. The number of nitrogens with one attached hydrogen (secondary N) is 1. The van der Waals surface area contributed by atoms with Gasteiger partial charge in [0.05, 0.1) is 17.9 Å². The Morgan fingerprint density at radius 3 is 2.67 bits per heavy atom. The van der Waals surface area contributed by atoms with E-state index in [0.717, 1.165) is 5.39 Å². The van der Waals surface area contributed by atoms with E-state index < -0.39 is 22.8 Å². The number of carbonyl (C=O) groups is 2. The number of hydrogen-bond acceptors (Lipinski definition) is 5. The summed E-state index contributed by atoms with van der Waals surface area (Å²) in [6.07, 6.45) is 3.13. The van der Waals surface area contributed by atoms with Crippen LogP contribution in [0.4, 0.5) is 0 Å². The van der Waals surface area contributed by atoms with E-state index in [2.05, 4.69) is 15.4 Å². The van der Waals surface area contributed by atoms with Gasteiger partial charge in [0, 0.05) is 36.1 Å². The molecule has 2 atom stereocenters. The molecule has 0 aliphatic heterocycles. The molecule has 0 bridgehead atoms. The topological polar surface area (TPSA) is 106 Å². The number of aliphatic carboxylic acids is 1. The molecule has 27 heavy (non-hydrogen) atoms. The summed E-state index contributed by atoms with van der Waals surface area (Å²) in [6, 6.07) is 1.83. The van der Waals surface area contributed by atoms with E-state index in [1.54, 1.807) is 30.8 Å². The van der Waals surface area contributed by atoms with Crippen molar-refractivity contribution in [2.45, 2.75) is 58.7 Å². The Kier molecular flexibility index (Phi) is 4.71. The summed E-state index contributed by atoms with van der Waals surface area (Å²) in [7, 11) is 0. The van der Waals surface area contributed by atoms with Crippen LogP contribution in [-0.2, 0) is 9.53 Å². The van der Waals surface area contributed by atoms with Crippen molar-refractivity contribution >= 4 is 22.9 Å². The van der Waals surface area contributed by atoms with E-state index in [-0.39, 0.29) is 18.6 Å². The molecule has 0 radical (unpaired) electrons. The fourth-order valence-corrected chi connectivity index (χ4v) is 3.75. The number of fused-ring (bicyclic) bond motifs is 1. The van der Waals surface area contributed by atoms with Gasteiger partial charge in [0.1, 0.15) is 5.54 Å². The molecule has 1 saturated carbocycles. The number of nitrogens with zero attached hydrogens (tertiary/aromatic N) is 3. The van der Waals surface area contributed by atoms with Crippen LogP contribution < -0.4 is 5.32 Å². The first-order valence-electron chi connectivity index (χ1n) is 9.15. The zero-order valence-electron chi connectivity index (χ0n) is 16.3. The molecule has 0 aromatic carbocycles. The number of hydrogen-bond donors (Lipinski definition) is 2. The molecular weight excluding hydrogens is 348 g/mol. The minimum absolute atomic E-state index is 0.149. The highest BCUT2D eigenvalue weighted by atomic mass is 16.5. The molecule has 1 aliphatic carbocycles. The minimum atomic E-state index is -1.37. The van der Waals surface area contributed by atoms with Crippen molar-refractivity contribution in [2.24, 2.45) is 5.41 Å². The van der Waals surface area contributed by atoms with Gasteiger partial charge in [-0.2, -0.15) is 5.10 Å². The van der Waals surface area contributed by atoms with Gasteiger partial charge in [0.2, 0.25) is 0 Å². The molecule has 2 heterocycles. The van der Waals surface area contributed by atoms with E-state index >= 15 is 0 Å². The minimum Gasteiger partial charge on any atom is -0.479 e. The van der Waals surface area contributed by atoms with Gasteiger partial charge in [-0.1, -0.05) is 13.8 Å². The Balaban J connectivity index is 1.87. The first kappa shape index (κ1) is 19.3. The maximum atomic E-state index is 12.8. The fourth-order valence-electron chi connectivity index (χ4n) is 3.75. The number of carbonyl (C=O) groups excluding carboxylic acids is 1. The van der Waals surface area contributed by atoms with Crippen molar-refractivity contribution in [3.8, 4) is 0 Å². The summed E-state index contributed by atoms with van der Waals surface area (Å²) in [4.78, 5) is 29.2. The summed E-state index contributed by atoms with van der Waals surface area (Å²) in [5, 5.41) is 17.6. The fraction of sp³-hybridized carbons (Fsp3) is 0.579. The van der Waals surface area contributed by atoms with Crippen LogP contribution in [0.1, 0.15) is 57.4 Å². The van der Waals surface area contributed by atoms with E-state index in [1.165, 1.54) is 6.20 Å². The smallest absolute Gasteiger partial charge is 0.330 e. The molecule has 2 aromatic heterocycles. The van der Waals surface area contributed by atoms with Gasteiger partial charge in [-0.15, -0.1) is 0 Å². The van der Waals surface area contributed by atoms with Crippen LogP contribution in [0, 0.1) is 5.41 Å². The molecule has 1 amide bonds. The van der Waals surface area contributed by atoms with E-state index in [9.17, 15) is 14.7 Å². The largest absolute Gasteiger partial charge is 0.479 e. The van der Waals surface area contributed by atoms with Gasteiger partial charge >= 0.3 is 5.97 Å². The standard InChI is InChI=1S/C19H26N4O4/c1-6-27-14-8-19(17(25)26,18(14,4)5)22-16(24)13-7-12-10-21-23(11(2)3)15(12)20-9-13/h7,9-11,14H,6,8H2,1-5H3,(H,22,24)(H,25,26). The lowest BCUT2D eigenvalue weighted by atomic mass is 9.54. The second-order valence-electron chi connectivity index (χ2n) is 7.85.